The molecule has 0 unspecified atom stereocenters. The van der Waals surface area contributed by atoms with Crippen LogP contribution in [0.3, 0.4) is 0 Å². The fourth-order valence-corrected chi connectivity index (χ4v) is 1.14. The maximum absolute atomic E-state index is 11.5. The van der Waals surface area contributed by atoms with E-state index in [0.29, 0.717) is 11.6 Å². The third-order valence-electron chi connectivity index (χ3n) is 1.91. The Labute approximate surface area is 95.2 Å². The van der Waals surface area contributed by atoms with Crippen LogP contribution in [0.15, 0.2) is 18.3 Å². The van der Waals surface area contributed by atoms with E-state index in [0.717, 1.165) is 0 Å². The quantitative estimate of drug-likeness (QED) is 0.782. The van der Waals surface area contributed by atoms with E-state index in [9.17, 15) is 4.79 Å². The van der Waals surface area contributed by atoms with Gasteiger partial charge in [0, 0.05) is 12.2 Å². The molecule has 0 saturated heterocycles. The van der Waals surface area contributed by atoms with Crippen molar-refractivity contribution in [2.75, 3.05) is 19.0 Å². The molecule has 0 aliphatic rings. The van der Waals surface area contributed by atoms with Crippen LogP contribution >= 0.6 is 0 Å². The van der Waals surface area contributed by atoms with Crippen LogP contribution in [0, 0.1) is 0 Å². The largest absolute Gasteiger partial charge is 0.480 e. The molecule has 1 aromatic heterocycles. The van der Waals surface area contributed by atoms with Crippen LogP contribution in [0.5, 0.6) is 5.88 Å². The maximum atomic E-state index is 11.5. The molecule has 0 aliphatic heterocycles. The Kier molecular flexibility index (Phi) is 4.72. The number of ether oxygens (including phenoxy) is 1. The lowest BCUT2D eigenvalue weighted by Crippen LogP contribution is -2.32. The van der Waals surface area contributed by atoms with Crippen molar-refractivity contribution in [2.45, 2.75) is 19.9 Å². The van der Waals surface area contributed by atoms with E-state index in [-0.39, 0.29) is 18.5 Å². The summed E-state index contributed by atoms with van der Waals surface area (Å²) in [5.74, 6) is 0.306. The standard InChI is InChI=1S/C11H17N3O2/c1-8(2)13-7-10(15)14-9-5-4-6-12-11(9)16-3/h4-6,8,13H,7H2,1-3H3,(H,14,15). The number of nitrogens with zero attached hydrogens (tertiary/aromatic N) is 1. The summed E-state index contributed by atoms with van der Waals surface area (Å²) < 4.78 is 5.03. The Morgan fingerprint density at radius 3 is 2.94 bits per heavy atom. The summed E-state index contributed by atoms with van der Waals surface area (Å²) >= 11 is 0. The lowest BCUT2D eigenvalue weighted by molar-refractivity contribution is -0.115. The third kappa shape index (κ3) is 3.86. The Bertz CT molecular complexity index is 353. The lowest BCUT2D eigenvalue weighted by atomic mass is 10.3. The van der Waals surface area contributed by atoms with E-state index < -0.39 is 0 Å². The Hall–Kier alpha value is -1.62. The van der Waals surface area contributed by atoms with Gasteiger partial charge in [-0.15, -0.1) is 0 Å². The van der Waals surface area contributed by atoms with Gasteiger partial charge >= 0.3 is 0 Å². The van der Waals surface area contributed by atoms with Crippen LogP contribution in [-0.2, 0) is 4.79 Å². The number of hydrogen-bond acceptors (Lipinski definition) is 4. The summed E-state index contributed by atoms with van der Waals surface area (Å²) in [5.41, 5.74) is 0.584. The number of anilines is 1. The van der Waals surface area contributed by atoms with Crippen LogP contribution in [-0.4, -0.2) is 30.6 Å². The van der Waals surface area contributed by atoms with Crippen LogP contribution in [0.4, 0.5) is 5.69 Å². The Morgan fingerprint density at radius 1 is 1.56 bits per heavy atom. The van der Waals surface area contributed by atoms with Crippen molar-refractivity contribution in [1.29, 1.82) is 0 Å². The molecule has 0 atom stereocenters. The second-order valence-electron chi connectivity index (χ2n) is 3.64. The van der Waals surface area contributed by atoms with E-state index in [1.807, 2.05) is 13.8 Å². The maximum Gasteiger partial charge on any atom is 0.238 e. The van der Waals surface area contributed by atoms with Gasteiger partial charge in [-0.2, -0.15) is 0 Å². The van der Waals surface area contributed by atoms with Crippen LogP contribution in [0.1, 0.15) is 13.8 Å². The second-order valence-corrected chi connectivity index (χ2v) is 3.64. The zero-order valence-electron chi connectivity index (χ0n) is 9.78. The minimum atomic E-state index is -0.111. The van der Waals surface area contributed by atoms with Crippen molar-refractivity contribution in [3.63, 3.8) is 0 Å². The topological polar surface area (TPSA) is 63.2 Å². The summed E-state index contributed by atoms with van der Waals surface area (Å²) in [4.78, 5) is 15.5. The number of carbonyl (C=O) groups is 1. The zero-order chi connectivity index (χ0) is 12.0. The predicted octanol–water partition coefficient (Wildman–Crippen LogP) is 1.03. The number of methoxy groups -OCH3 is 1. The minimum absolute atomic E-state index is 0.111. The molecular weight excluding hydrogens is 206 g/mol. The molecule has 0 saturated carbocycles. The molecule has 5 heteroatoms. The highest BCUT2D eigenvalue weighted by molar-refractivity contribution is 5.93. The molecule has 2 N–H and O–H groups in total. The Morgan fingerprint density at radius 2 is 2.31 bits per heavy atom. The Balaban J connectivity index is 2.55. The van der Waals surface area contributed by atoms with Gasteiger partial charge < -0.3 is 15.4 Å². The average molecular weight is 223 g/mol. The molecule has 0 aromatic carbocycles. The number of hydrogen-bond donors (Lipinski definition) is 2. The van der Waals surface area contributed by atoms with Crippen molar-refractivity contribution in [1.82, 2.24) is 10.3 Å². The second kappa shape index (κ2) is 6.07. The van der Waals surface area contributed by atoms with Crippen molar-refractivity contribution < 1.29 is 9.53 Å². The number of pyridine rings is 1. The van der Waals surface area contributed by atoms with E-state index in [1.54, 1.807) is 18.3 Å². The number of nitrogens with one attached hydrogen (secondary N) is 2. The van der Waals surface area contributed by atoms with E-state index in [2.05, 4.69) is 15.6 Å². The molecule has 1 aromatic rings. The summed E-state index contributed by atoms with van der Waals surface area (Å²) in [6.45, 7) is 4.24. The first-order chi connectivity index (χ1) is 7.63. The highest BCUT2D eigenvalue weighted by Gasteiger charge is 2.07. The molecule has 0 aliphatic carbocycles. The van der Waals surface area contributed by atoms with Crippen molar-refractivity contribution >= 4 is 11.6 Å². The van der Waals surface area contributed by atoms with Crippen molar-refractivity contribution in [3.8, 4) is 5.88 Å². The van der Waals surface area contributed by atoms with Gasteiger partial charge in [0.15, 0.2) is 0 Å². The summed E-state index contributed by atoms with van der Waals surface area (Å²) in [5, 5.41) is 5.76. The number of carbonyl (C=O) groups excluding carboxylic acids is 1. The van der Waals surface area contributed by atoms with E-state index in [1.165, 1.54) is 7.11 Å². The first kappa shape index (κ1) is 12.4. The highest BCUT2D eigenvalue weighted by Crippen LogP contribution is 2.19. The fraction of sp³-hybridized carbons (Fsp3) is 0.455. The molecule has 0 spiro atoms. The fourth-order valence-electron chi connectivity index (χ4n) is 1.14. The summed E-state index contributed by atoms with van der Waals surface area (Å²) in [7, 11) is 1.52. The molecule has 88 valence electrons. The van der Waals surface area contributed by atoms with Gasteiger partial charge in [0.1, 0.15) is 5.69 Å². The van der Waals surface area contributed by atoms with E-state index in [4.69, 9.17) is 4.74 Å². The number of rotatable bonds is 5. The van der Waals surface area contributed by atoms with Gasteiger partial charge in [-0.1, -0.05) is 13.8 Å². The smallest absolute Gasteiger partial charge is 0.238 e. The van der Waals surface area contributed by atoms with E-state index >= 15 is 0 Å². The monoisotopic (exact) mass is 223 g/mol. The van der Waals surface area contributed by atoms with Crippen molar-refractivity contribution in [3.05, 3.63) is 18.3 Å². The molecule has 5 nitrogen and oxygen atoms in total. The van der Waals surface area contributed by atoms with Gasteiger partial charge in [0.25, 0.3) is 0 Å². The molecule has 1 rings (SSSR count). The predicted molar refractivity (Wildman–Crippen MR) is 62.6 cm³/mol. The molecular formula is C11H17N3O2. The summed E-state index contributed by atoms with van der Waals surface area (Å²) in [6.07, 6.45) is 1.61. The molecule has 1 amide bonds. The van der Waals surface area contributed by atoms with Gasteiger partial charge in [-0.3, -0.25) is 4.79 Å². The van der Waals surface area contributed by atoms with Gasteiger partial charge in [0.05, 0.1) is 13.7 Å². The average Bonchev–Trinajstić information content (AvgIpc) is 2.27. The normalized spacial score (nSPS) is 10.2. The first-order valence-corrected chi connectivity index (χ1v) is 5.15. The molecule has 16 heavy (non-hydrogen) atoms. The minimum Gasteiger partial charge on any atom is -0.480 e. The molecule has 0 fully saturated rings. The highest BCUT2D eigenvalue weighted by atomic mass is 16.5. The zero-order valence-corrected chi connectivity index (χ0v) is 9.78. The molecule has 1 heterocycles. The van der Waals surface area contributed by atoms with Gasteiger partial charge in [-0.05, 0) is 12.1 Å². The first-order valence-electron chi connectivity index (χ1n) is 5.15. The summed E-state index contributed by atoms with van der Waals surface area (Å²) in [6, 6.07) is 3.77. The van der Waals surface area contributed by atoms with Crippen LogP contribution in [0.2, 0.25) is 0 Å². The lowest BCUT2D eigenvalue weighted by Gasteiger charge is -2.10. The molecule has 0 bridgehead atoms. The number of aromatic nitrogens is 1. The van der Waals surface area contributed by atoms with Gasteiger partial charge in [0.2, 0.25) is 11.8 Å². The SMILES string of the molecule is COc1ncccc1NC(=O)CNC(C)C. The number of amides is 1. The van der Waals surface area contributed by atoms with Gasteiger partial charge in [-0.25, -0.2) is 4.98 Å². The molecule has 0 radical (unpaired) electrons. The van der Waals surface area contributed by atoms with Crippen LogP contribution < -0.4 is 15.4 Å². The van der Waals surface area contributed by atoms with Crippen molar-refractivity contribution in [2.24, 2.45) is 0 Å². The third-order valence-corrected chi connectivity index (χ3v) is 1.91. The van der Waals surface area contributed by atoms with Crippen LogP contribution in [0.25, 0.3) is 0 Å².